The minimum atomic E-state index is -0.658. The summed E-state index contributed by atoms with van der Waals surface area (Å²) in [5.41, 5.74) is 29.6. The van der Waals surface area contributed by atoms with E-state index in [4.69, 9.17) is 0 Å². The maximum Gasteiger partial charge on any atom is 0.0569 e. The fraction of sp³-hybridized carbons (Fsp3) is 0.377. The van der Waals surface area contributed by atoms with Crippen LogP contribution in [-0.2, 0) is 21.7 Å². The first kappa shape index (κ1) is 53.3. The van der Waals surface area contributed by atoms with Gasteiger partial charge in [-0.2, -0.15) is 0 Å². The van der Waals surface area contributed by atoms with E-state index in [2.05, 4.69) is 221 Å². The van der Waals surface area contributed by atoms with Crippen LogP contribution in [0.15, 0.2) is 152 Å². The first-order chi connectivity index (χ1) is 38.1. The number of aliphatic hydroxyl groups excluding tert-OH is 2. The Balaban J connectivity index is 0.920. The average Bonchev–Trinajstić information content (AvgIpc) is 4.00. The molecule has 0 radical (unpaired) electrons. The standard InChI is InChI=1S/C77H84O2/c1-11-75(37-33-49(5)6)68-40-51(9)18-25-60(68)61-27-21-54(43-69(61)75)56-23-30-64-65-31-24-57(46-73(65)77(47-79,35-15-39-78)72(64)45-56)55-22-29-63-62-28-20-53(42-70(62)76(12-2,71(63)44-55)38-34-50(7)8)52-19-26-59-58-16-13-14-17-66(58)74(10,67(59)41-52)36-32-48(3)4/h13-14,16-31,40-46,48-50,78-79H,11-12,15,32-39,47H2,1-10H3. The zero-order valence-electron chi connectivity index (χ0n) is 49.0. The van der Waals surface area contributed by atoms with Gasteiger partial charge in [0.15, 0.2) is 0 Å². The molecular formula is C77H84O2. The Morgan fingerprint density at radius 3 is 1.06 bits per heavy atom. The number of fused-ring (bicyclic) bond motifs is 12. The fourth-order valence-corrected chi connectivity index (χ4v) is 15.7. The van der Waals surface area contributed by atoms with Crippen LogP contribution < -0.4 is 0 Å². The van der Waals surface area contributed by atoms with Crippen LogP contribution in [0.1, 0.15) is 177 Å². The summed E-state index contributed by atoms with van der Waals surface area (Å²) in [6.07, 6.45) is 10.2. The Kier molecular flexibility index (Phi) is 13.7. The van der Waals surface area contributed by atoms with Crippen LogP contribution in [0.2, 0.25) is 0 Å². The minimum Gasteiger partial charge on any atom is -0.396 e. The molecule has 12 rings (SSSR count). The summed E-state index contributed by atoms with van der Waals surface area (Å²) in [6.45, 7) is 23.7. The molecule has 0 saturated carbocycles. The van der Waals surface area contributed by atoms with E-state index in [0.29, 0.717) is 30.6 Å². The summed E-state index contributed by atoms with van der Waals surface area (Å²) in [4.78, 5) is 0. The first-order valence-electron chi connectivity index (χ1n) is 30.5. The predicted molar refractivity (Wildman–Crippen MR) is 334 cm³/mol. The molecule has 4 aliphatic carbocycles. The molecule has 2 nitrogen and oxygen atoms in total. The molecule has 0 fully saturated rings. The van der Waals surface area contributed by atoms with Gasteiger partial charge in [-0.05, 0) is 248 Å². The Bertz CT molecular complexity index is 3660. The van der Waals surface area contributed by atoms with Crippen molar-refractivity contribution in [3.8, 4) is 77.9 Å². The van der Waals surface area contributed by atoms with Crippen LogP contribution in [0.4, 0.5) is 0 Å². The van der Waals surface area contributed by atoms with Gasteiger partial charge in [0.2, 0.25) is 0 Å². The Hall–Kier alpha value is -6.32. The van der Waals surface area contributed by atoms with Gasteiger partial charge in [-0.1, -0.05) is 183 Å². The molecule has 4 unspecified atom stereocenters. The zero-order valence-corrected chi connectivity index (χ0v) is 49.0. The lowest BCUT2D eigenvalue weighted by Gasteiger charge is -2.33. The Morgan fingerprint density at radius 2 is 0.684 bits per heavy atom. The third-order valence-corrected chi connectivity index (χ3v) is 20.4. The molecule has 0 amide bonds. The van der Waals surface area contributed by atoms with Gasteiger partial charge < -0.3 is 10.2 Å². The molecule has 0 saturated heterocycles. The largest absolute Gasteiger partial charge is 0.396 e. The molecule has 8 aromatic rings. The number of benzene rings is 8. The van der Waals surface area contributed by atoms with Crippen LogP contribution in [0, 0.1) is 24.7 Å². The van der Waals surface area contributed by atoms with Crippen LogP contribution in [0.3, 0.4) is 0 Å². The van der Waals surface area contributed by atoms with Crippen molar-refractivity contribution >= 4 is 0 Å². The zero-order chi connectivity index (χ0) is 55.2. The highest BCUT2D eigenvalue weighted by atomic mass is 16.3. The van der Waals surface area contributed by atoms with Crippen molar-refractivity contribution in [1.82, 2.24) is 0 Å². The van der Waals surface area contributed by atoms with Crippen molar-refractivity contribution in [3.05, 3.63) is 202 Å². The van der Waals surface area contributed by atoms with Crippen molar-refractivity contribution in [2.45, 2.75) is 155 Å². The third-order valence-electron chi connectivity index (χ3n) is 20.4. The number of hydrogen-bond donors (Lipinski definition) is 2. The van der Waals surface area contributed by atoms with E-state index in [9.17, 15) is 10.2 Å². The van der Waals surface area contributed by atoms with Crippen molar-refractivity contribution in [2.75, 3.05) is 13.2 Å². The van der Waals surface area contributed by atoms with Gasteiger partial charge in [0.1, 0.15) is 0 Å². The first-order valence-corrected chi connectivity index (χ1v) is 30.5. The normalized spacial score (nSPS) is 20.8. The van der Waals surface area contributed by atoms with E-state index >= 15 is 0 Å². The third kappa shape index (κ3) is 8.39. The second-order valence-electron chi connectivity index (χ2n) is 26.2. The smallest absolute Gasteiger partial charge is 0.0569 e. The molecule has 8 aromatic carbocycles. The number of aryl methyl sites for hydroxylation is 1. The van der Waals surface area contributed by atoms with E-state index in [-0.39, 0.29) is 29.5 Å². The second-order valence-corrected chi connectivity index (χ2v) is 26.2. The molecule has 404 valence electrons. The maximum atomic E-state index is 11.9. The molecule has 0 aromatic heterocycles. The SMILES string of the molecule is CCC1(CCC(C)C)c2cc(C)ccc2-c2ccc(-c3ccc4c(c3)C(CO)(CCCO)c3cc(-c5ccc6c(c5)C(CC)(CCC(C)C)c5cc(-c7ccc8c(c7)C(C)(CCC(C)C)c7ccccc7-8)ccc5-6)ccc3-4)cc21. The molecule has 4 atom stereocenters. The second kappa shape index (κ2) is 20.3. The summed E-state index contributed by atoms with van der Waals surface area (Å²) in [7, 11) is 0. The van der Waals surface area contributed by atoms with Crippen LogP contribution in [0.25, 0.3) is 77.9 Å². The van der Waals surface area contributed by atoms with Gasteiger partial charge in [0, 0.05) is 28.3 Å². The topological polar surface area (TPSA) is 40.5 Å². The predicted octanol–water partition coefficient (Wildman–Crippen LogP) is 20.0. The molecule has 4 aliphatic rings. The molecule has 79 heavy (non-hydrogen) atoms. The highest BCUT2D eigenvalue weighted by Crippen LogP contribution is 2.59. The molecule has 2 heteroatoms. The molecule has 0 aliphatic heterocycles. The summed E-state index contributed by atoms with van der Waals surface area (Å²) < 4.78 is 0. The lowest BCUT2D eigenvalue weighted by atomic mass is 9.70. The molecule has 0 heterocycles. The summed E-state index contributed by atoms with van der Waals surface area (Å²) in [6, 6.07) is 59.5. The van der Waals surface area contributed by atoms with Gasteiger partial charge in [0.25, 0.3) is 0 Å². The number of rotatable bonds is 18. The number of aliphatic hydroxyl groups is 2. The van der Waals surface area contributed by atoms with Crippen molar-refractivity contribution in [2.24, 2.45) is 17.8 Å². The van der Waals surface area contributed by atoms with Gasteiger partial charge in [0.05, 0.1) is 6.61 Å². The van der Waals surface area contributed by atoms with Gasteiger partial charge in [-0.15, -0.1) is 0 Å². The Labute approximate surface area is 473 Å². The van der Waals surface area contributed by atoms with E-state index in [1.807, 2.05) is 0 Å². The number of hydrogen-bond acceptors (Lipinski definition) is 2. The quantitative estimate of drug-likeness (QED) is 0.0899. The van der Waals surface area contributed by atoms with E-state index in [1.54, 1.807) is 0 Å². The monoisotopic (exact) mass is 1040 g/mol. The van der Waals surface area contributed by atoms with E-state index in [1.165, 1.54) is 141 Å². The van der Waals surface area contributed by atoms with Gasteiger partial charge in [-0.25, -0.2) is 0 Å². The summed E-state index contributed by atoms with van der Waals surface area (Å²) in [5.74, 6) is 1.85. The fourth-order valence-electron chi connectivity index (χ4n) is 15.7. The van der Waals surface area contributed by atoms with E-state index < -0.39 is 5.41 Å². The molecular weight excluding hydrogens is 957 g/mol. The lowest BCUT2D eigenvalue weighted by molar-refractivity contribution is 0.197. The highest BCUT2D eigenvalue weighted by molar-refractivity contribution is 5.91. The van der Waals surface area contributed by atoms with Gasteiger partial charge >= 0.3 is 0 Å². The highest BCUT2D eigenvalue weighted by Gasteiger charge is 2.46. The van der Waals surface area contributed by atoms with Crippen molar-refractivity contribution in [1.29, 1.82) is 0 Å². The Morgan fingerprint density at radius 1 is 0.354 bits per heavy atom. The average molecular weight is 1040 g/mol. The summed E-state index contributed by atoms with van der Waals surface area (Å²) >= 11 is 0. The molecule has 2 N–H and O–H groups in total. The van der Waals surface area contributed by atoms with Crippen LogP contribution in [0.5, 0.6) is 0 Å². The van der Waals surface area contributed by atoms with Gasteiger partial charge in [-0.3, -0.25) is 0 Å². The van der Waals surface area contributed by atoms with Crippen LogP contribution in [-0.4, -0.2) is 23.4 Å². The maximum absolute atomic E-state index is 11.9. The summed E-state index contributed by atoms with van der Waals surface area (Å²) in [5, 5.41) is 22.4. The minimum absolute atomic E-state index is 0.0235. The molecule has 0 spiro atoms. The van der Waals surface area contributed by atoms with E-state index in [0.717, 1.165) is 38.5 Å². The van der Waals surface area contributed by atoms with Crippen LogP contribution >= 0.6 is 0 Å². The lowest BCUT2D eigenvalue weighted by Crippen LogP contribution is -2.30. The molecule has 0 bridgehead atoms. The van der Waals surface area contributed by atoms with Crippen molar-refractivity contribution in [3.63, 3.8) is 0 Å². The van der Waals surface area contributed by atoms with Crippen molar-refractivity contribution < 1.29 is 10.2 Å².